The van der Waals surface area contributed by atoms with E-state index in [4.69, 9.17) is 5.73 Å². The molecule has 2 saturated carbocycles. The third-order valence-electron chi connectivity index (χ3n) is 2.61. The van der Waals surface area contributed by atoms with Crippen LogP contribution < -0.4 is 5.73 Å². The zero-order valence-electron chi connectivity index (χ0n) is 5.55. The minimum absolute atomic E-state index is 0. The Morgan fingerprint density at radius 3 is 1.78 bits per heavy atom. The SMILES string of the molecule is Cl.N[C@@H]1CC[C@@H]1C1CC1. The number of hydrogen-bond acceptors (Lipinski definition) is 1. The summed E-state index contributed by atoms with van der Waals surface area (Å²) in [4.78, 5) is 0. The highest BCUT2D eigenvalue weighted by Crippen LogP contribution is 2.45. The molecule has 1 nitrogen and oxygen atoms in total. The van der Waals surface area contributed by atoms with E-state index >= 15 is 0 Å². The average molecular weight is 148 g/mol. The molecule has 0 saturated heterocycles. The van der Waals surface area contributed by atoms with Crippen molar-refractivity contribution in [1.29, 1.82) is 0 Å². The van der Waals surface area contributed by atoms with Gasteiger partial charge >= 0.3 is 0 Å². The summed E-state index contributed by atoms with van der Waals surface area (Å²) in [5.74, 6) is 1.99. The molecular weight excluding hydrogens is 134 g/mol. The van der Waals surface area contributed by atoms with Gasteiger partial charge in [0.15, 0.2) is 0 Å². The minimum atomic E-state index is 0. The van der Waals surface area contributed by atoms with Crippen LogP contribution in [0.15, 0.2) is 0 Å². The number of halogens is 1. The second-order valence-corrected chi connectivity index (χ2v) is 3.24. The predicted octanol–water partition coefficient (Wildman–Crippen LogP) is 1.56. The maximum absolute atomic E-state index is 5.76. The van der Waals surface area contributed by atoms with Gasteiger partial charge in [-0.05, 0) is 37.5 Å². The van der Waals surface area contributed by atoms with Crippen molar-refractivity contribution in [3.63, 3.8) is 0 Å². The third kappa shape index (κ3) is 1.22. The fourth-order valence-electron chi connectivity index (χ4n) is 1.66. The molecule has 54 valence electrons. The molecule has 0 aromatic heterocycles. The summed E-state index contributed by atoms with van der Waals surface area (Å²) in [6.45, 7) is 0. The van der Waals surface area contributed by atoms with E-state index in [1.807, 2.05) is 0 Å². The smallest absolute Gasteiger partial charge is 0.00699 e. The van der Waals surface area contributed by atoms with Gasteiger partial charge in [0.25, 0.3) is 0 Å². The molecule has 0 bridgehead atoms. The van der Waals surface area contributed by atoms with E-state index in [2.05, 4.69) is 0 Å². The van der Waals surface area contributed by atoms with Gasteiger partial charge in [-0.15, -0.1) is 12.4 Å². The van der Waals surface area contributed by atoms with Gasteiger partial charge in [0, 0.05) is 6.04 Å². The fourth-order valence-corrected chi connectivity index (χ4v) is 1.66. The molecule has 0 spiro atoms. The maximum atomic E-state index is 5.76. The first-order chi connectivity index (χ1) is 3.88. The van der Waals surface area contributed by atoms with Gasteiger partial charge in [-0.1, -0.05) is 0 Å². The van der Waals surface area contributed by atoms with E-state index in [0.29, 0.717) is 6.04 Å². The second kappa shape index (κ2) is 2.47. The topological polar surface area (TPSA) is 26.0 Å². The molecule has 2 atom stereocenters. The zero-order valence-corrected chi connectivity index (χ0v) is 6.36. The Kier molecular flexibility index (Phi) is 2.02. The molecule has 0 aliphatic heterocycles. The summed E-state index contributed by atoms with van der Waals surface area (Å²) in [7, 11) is 0. The Morgan fingerprint density at radius 1 is 1.00 bits per heavy atom. The van der Waals surface area contributed by atoms with Crippen molar-refractivity contribution in [3.8, 4) is 0 Å². The Morgan fingerprint density at radius 2 is 1.67 bits per heavy atom. The molecule has 0 aromatic rings. The van der Waals surface area contributed by atoms with Crippen molar-refractivity contribution in [2.45, 2.75) is 31.7 Å². The normalized spacial score (nSPS) is 41.0. The van der Waals surface area contributed by atoms with Gasteiger partial charge in [-0.2, -0.15) is 0 Å². The van der Waals surface area contributed by atoms with Crippen molar-refractivity contribution in [2.75, 3.05) is 0 Å². The van der Waals surface area contributed by atoms with Crippen LogP contribution >= 0.6 is 12.4 Å². The van der Waals surface area contributed by atoms with Crippen LogP contribution in [0.5, 0.6) is 0 Å². The van der Waals surface area contributed by atoms with Gasteiger partial charge in [0.2, 0.25) is 0 Å². The molecule has 9 heavy (non-hydrogen) atoms. The highest BCUT2D eigenvalue weighted by atomic mass is 35.5. The van der Waals surface area contributed by atoms with Gasteiger partial charge in [-0.25, -0.2) is 0 Å². The summed E-state index contributed by atoms with van der Waals surface area (Å²) < 4.78 is 0. The van der Waals surface area contributed by atoms with Gasteiger partial charge in [-0.3, -0.25) is 0 Å². The van der Waals surface area contributed by atoms with E-state index in [1.54, 1.807) is 0 Å². The minimum Gasteiger partial charge on any atom is -0.327 e. The zero-order chi connectivity index (χ0) is 5.56. The first-order valence-corrected chi connectivity index (χ1v) is 3.63. The van der Waals surface area contributed by atoms with Gasteiger partial charge in [0.1, 0.15) is 0 Å². The molecule has 2 fully saturated rings. The van der Waals surface area contributed by atoms with Crippen LogP contribution in [-0.4, -0.2) is 6.04 Å². The summed E-state index contributed by atoms with van der Waals surface area (Å²) in [5, 5.41) is 0. The standard InChI is InChI=1S/C7H13N.ClH/c8-7-4-3-6(7)5-1-2-5;/h5-7H,1-4,8H2;1H/t6-,7-;/m1./s1. The molecule has 0 amide bonds. The summed E-state index contributed by atoms with van der Waals surface area (Å²) >= 11 is 0. The van der Waals surface area contributed by atoms with Crippen LogP contribution in [0.2, 0.25) is 0 Å². The predicted molar refractivity (Wildman–Crippen MR) is 40.7 cm³/mol. The second-order valence-electron chi connectivity index (χ2n) is 3.24. The van der Waals surface area contributed by atoms with Gasteiger partial charge in [0.05, 0.1) is 0 Å². The quantitative estimate of drug-likeness (QED) is 0.599. The van der Waals surface area contributed by atoms with Gasteiger partial charge < -0.3 is 5.73 Å². The summed E-state index contributed by atoms with van der Waals surface area (Å²) in [5.41, 5.74) is 5.76. The Hall–Kier alpha value is 0.250. The van der Waals surface area contributed by atoms with Crippen molar-refractivity contribution in [1.82, 2.24) is 0 Å². The van der Waals surface area contributed by atoms with E-state index < -0.39 is 0 Å². The highest BCUT2D eigenvalue weighted by Gasteiger charge is 2.39. The molecule has 2 N–H and O–H groups in total. The molecular formula is C7H14ClN. The van der Waals surface area contributed by atoms with Crippen molar-refractivity contribution < 1.29 is 0 Å². The molecule has 0 heterocycles. The summed E-state index contributed by atoms with van der Waals surface area (Å²) in [6.07, 6.45) is 5.66. The third-order valence-corrected chi connectivity index (χ3v) is 2.61. The van der Waals surface area contributed by atoms with Crippen LogP contribution in [0.1, 0.15) is 25.7 Å². The number of hydrogen-bond donors (Lipinski definition) is 1. The summed E-state index contributed by atoms with van der Waals surface area (Å²) in [6, 6.07) is 0.586. The molecule has 2 heteroatoms. The molecule has 2 aliphatic carbocycles. The van der Waals surface area contributed by atoms with Crippen LogP contribution in [-0.2, 0) is 0 Å². The Bertz CT molecular complexity index is 99.1. The lowest BCUT2D eigenvalue weighted by molar-refractivity contribution is 0.225. The Balaban J connectivity index is 0.000000405. The molecule has 0 radical (unpaired) electrons. The first kappa shape index (κ1) is 7.36. The Labute approximate surface area is 62.4 Å². The van der Waals surface area contributed by atoms with Crippen LogP contribution in [0, 0.1) is 11.8 Å². The average Bonchev–Trinajstić information content (AvgIpc) is 2.46. The number of rotatable bonds is 1. The lowest BCUT2D eigenvalue weighted by Crippen LogP contribution is -2.40. The monoisotopic (exact) mass is 147 g/mol. The molecule has 2 rings (SSSR count). The lowest BCUT2D eigenvalue weighted by atomic mass is 9.77. The largest absolute Gasteiger partial charge is 0.327 e. The number of nitrogens with two attached hydrogens (primary N) is 1. The van der Waals surface area contributed by atoms with Crippen LogP contribution in [0.25, 0.3) is 0 Å². The first-order valence-electron chi connectivity index (χ1n) is 3.63. The van der Waals surface area contributed by atoms with Crippen LogP contribution in [0.3, 0.4) is 0 Å². The molecule has 2 aliphatic rings. The molecule has 0 unspecified atom stereocenters. The lowest BCUT2D eigenvalue weighted by Gasteiger charge is -2.33. The highest BCUT2D eigenvalue weighted by molar-refractivity contribution is 5.85. The van der Waals surface area contributed by atoms with Crippen LogP contribution in [0.4, 0.5) is 0 Å². The van der Waals surface area contributed by atoms with Crippen molar-refractivity contribution >= 4 is 12.4 Å². The van der Waals surface area contributed by atoms with Crippen molar-refractivity contribution in [2.24, 2.45) is 17.6 Å². The molecule has 0 aromatic carbocycles. The van der Waals surface area contributed by atoms with Crippen molar-refractivity contribution in [3.05, 3.63) is 0 Å². The maximum Gasteiger partial charge on any atom is 0.00699 e. The van der Waals surface area contributed by atoms with E-state index in [1.165, 1.54) is 25.7 Å². The van der Waals surface area contributed by atoms with E-state index in [0.717, 1.165) is 11.8 Å². The van der Waals surface area contributed by atoms with E-state index in [-0.39, 0.29) is 12.4 Å². The fraction of sp³-hybridized carbons (Fsp3) is 1.00. The van der Waals surface area contributed by atoms with E-state index in [9.17, 15) is 0 Å².